The molecule has 0 fully saturated rings. The summed E-state index contributed by atoms with van der Waals surface area (Å²) in [6.45, 7) is 6.10. The van der Waals surface area contributed by atoms with E-state index in [2.05, 4.69) is 6.92 Å². The molecular weight excluding hydrogens is 240 g/mol. The van der Waals surface area contributed by atoms with Crippen LogP contribution in [-0.2, 0) is 17.2 Å². The van der Waals surface area contributed by atoms with Crippen LogP contribution in [0.25, 0.3) is 0 Å². The van der Waals surface area contributed by atoms with Crippen LogP contribution in [0.4, 0.5) is 0 Å². The number of hydrogen-bond acceptors (Lipinski definition) is 3. The topological polar surface area (TPSA) is 34.1 Å². The second-order valence-corrected chi connectivity index (χ2v) is 6.86. The molecule has 1 aromatic rings. The molecule has 4 heteroatoms. The summed E-state index contributed by atoms with van der Waals surface area (Å²) < 4.78 is 11.6. The van der Waals surface area contributed by atoms with Crippen molar-refractivity contribution >= 4 is 27.9 Å². The Morgan fingerprint density at radius 2 is 2.12 bits per heavy atom. The number of Topliss-reactive ketones (excluding diaryl/α,β-unsaturated/α-hetero) is 1. The van der Waals surface area contributed by atoms with Crippen molar-refractivity contribution in [3.05, 3.63) is 21.9 Å². The fraction of sp³-hybridized carbons (Fsp3) is 0.583. The number of ketones is 1. The fourth-order valence-corrected chi connectivity index (χ4v) is 3.65. The maximum absolute atomic E-state index is 11.8. The Morgan fingerprint density at radius 3 is 2.62 bits per heavy atom. The molecule has 0 N–H and O–H groups in total. The minimum Gasteiger partial charge on any atom is -0.292 e. The van der Waals surface area contributed by atoms with E-state index < -0.39 is 10.8 Å². The van der Waals surface area contributed by atoms with Crippen LogP contribution in [0.2, 0.25) is 0 Å². The lowest BCUT2D eigenvalue weighted by atomic mass is 10.3. The highest BCUT2D eigenvalue weighted by atomic mass is 32.2. The molecule has 1 heterocycles. The summed E-state index contributed by atoms with van der Waals surface area (Å²) in [5, 5.41) is 0. The van der Waals surface area contributed by atoms with Crippen LogP contribution in [0.5, 0.6) is 0 Å². The van der Waals surface area contributed by atoms with Gasteiger partial charge in [-0.1, -0.05) is 20.8 Å². The lowest BCUT2D eigenvalue weighted by Crippen LogP contribution is -2.14. The summed E-state index contributed by atoms with van der Waals surface area (Å²) >= 11 is 1.52. The number of thiophene rings is 1. The maximum Gasteiger partial charge on any atom is 0.185 e. The van der Waals surface area contributed by atoms with Crippen molar-refractivity contribution in [2.24, 2.45) is 5.92 Å². The molecule has 1 unspecified atom stereocenters. The van der Waals surface area contributed by atoms with Gasteiger partial charge in [0.05, 0.1) is 10.6 Å². The molecular formula is C12H18O2S2. The maximum atomic E-state index is 11.8. The second kappa shape index (κ2) is 6.30. The SMILES string of the molecule is CCc1ccc(C(=O)CS(=O)CC(C)C)s1. The van der Waals surface area contributed by atoms with Crippen LogP contribution in [-0.4, -0.2) is 21.5 Å². The number of carbonyl (C=O) groups excluding carboxylic acids is 1. The standard InChI is InChI=1S/C12H18O2S2/c1-4-10-5-6-12(15-10)11(13)8-16(14)7-9(2)3/h5-6,9H,4,7-8H2,1-3H3. The van der Waals surface area contributed by atoms with Gasteiger partial charge >= 0.3 is 0 Å². The molecule has 0 aliphatic carbocycles. The van der Waals surface area contributed by atoms with Crippen molar-refractivity contribution in [1.29, 1.82) is 0 Å². The minimum atomic E-state index is -1.02. The summed E-state index contributed by atoms with van der Waals surface area (Å²) in [6, 6.07) is 3.82. The Hall–Kier alpha value is -0.480. The first-order valence-corrected chi connectivity index (χ1v) is 7.80. The fourth-order valence-electron chi connectivity index (χ4n) is 1.37. The summed E-state index contributed by atoms with van der Waals surface area (Å²) in [4.78, 5) is 13.7. The molecule has 0 saturated heterocycles. The normalized spacial score (nSPS) is 13.0. The summed E-state index contributed by atoms with van der Waals surface area (Å²) in [5.41, 5.74) is 0. The van der Waals surface area contributed by atoms with Crippen LogP contribution in [0, 0.1) is 5.92 Å². The zero-order valence-corrected chi connectivity index (χ0v) is 11.6. The first-order valence-electron chi connectivity index (χ1n) is 5.49. The average molecular weight is 258 g/mol. The molecule has 0 aliphatic rings. The Morgan fingerprint density at radius 1 is 1.44 bits per heavy atom. The van der Waals surface area contributed by atoms with Crippen molar-refractivity contribution in [2.45, 2.75) is 27.2 Å². The highest BCUT2D eigenvalue weighted by Crippen LogP contribution is 2.17. The van der Waals surface area contributed by atoms with E-state index in [0.717, 1.165) is 11.3 Å². The van der Waals surface area contributed by atoms with Crippen LogP contribution in [0.1, 0.15) is 35.3 Å². The van der Waals surface area contributed by atoms with Gasteiger partial charge in [0.2, 0.25) is 0 Å². The molecule has 1 aromatic heterocycles. The molecule has 16 heavy (non-hydrogen) atoms. The molecule has 0 saturated carbocycles. The van der Waals surface area contributed by atoms with E-state index in [9.17, 15) is 9.00 Å². The summed E-state index contributed by atoms with van der Waals surface area (Å²) in [7, 11) is -1.02. The van der Waals surface area contributed by atoms with Gasteiger partial charge in [-0.2, -0.15) is 0 Å². The minimum absolute atomic E-state index is 0.0173. The largest absolute Gasteiger partial charge is 0.292 e. The molecule has 0 spiro atoms. The molecule has 1 rings (SSSR count). The Kier molecular flexibility index (Phi) is 5.35. The van der Waals surface area contributed by atoms with Crippen LogP contribution < -0.4 is 0 Å². The van der Waals surface area contributed by atoms with E-state index in [0.29, 0.717) is 11.7 Å². The van der Waals surface area contributed by atoms with Gasteiger partial charge in [0.25, 0.3) is 0 Å². The van der Waals surface area contributed by atoms with Crippen LogP contribution in [0.3, 0.4) is 0 Å². The molecule has 0 amide bonds. The monoisotopic (exact) mass is 258 g/mol. The Labute approximate surface area is 104 Å². The molecule has 0 aliphatic heterocycles. The van der Waals surface area contributed by atoms with Crippen molar-refractivity contribution < 1.29 is 9.00 Å². The highest BCUT2D eigenvalue weighted by molar-refractivity contribution is 7.85. The third kappa shape index (κ3) is 4.18. The van der Waals surface area contributed by atoms with E-state index in [4.69, 9.17) is 0 Å². The number of rotatable bonds is 6. The lowest BCUT2D eigenvalue weighted by molar-refractivity contribution is 0.102. The van der Waals surface area contributed by atoms with Gasteiger partial charge in [0, 0.05) is 21.4 Å². The van der Waals surface area contributed by atoms with Gasteiger partial charge in [-0.15, -0.1) is 11.3 Å². The van der Waals surface area contributed by atoms with E-state index in [1.807, 2.05) is 26.0 Å². The van der Waals surface area contributed by atoms with Crippen molar-refractivity contribution in [1.82, 2.24) is 0 Å². The lowest BCUT2D eigenvalue weighted by Gasteiger charge is -2.03. The number of carbonyl (C=O) groups is 1. The first-order chi connectivity index (χ1) is 7.52. The summed E-state index contributed by atoms with van der Waals surface area (Å²) in [5.74, 6) is 1.17. The van der Waals surface area contributed by atoms with E-state index in [1.54, 1.807) is 0 Å². The number of aryl methyl sites for hydroxylation is 1. The molecule has 90 valence electrons. The molecule has 0 radical (unpaired) electrons. The third-order valence-corrected chi connectivity index (χ3v) is 4.99. The molecule has 0 aromatic carbocycles. The third-order valence-electron chi connectivity index (χ3n) is 2.10. The first kappa shape index (κ1) is 13.6. The molecule has 1 atom stereocenters. The van der Waals surface area contributed by atoms with E-state index >= 15 is 0 Å². The van der Waals surface area contributed by atoms with Crippen molar-refractivity contribution in [3.63, 3.8) is 0 Å². The van der Waals surface area contributed by atoms with Gasteiger partial charge in [-0.25, -0.2) is 0 Å². The Bertz CT molecular complexity index is 380. The van der Waals surface area contributed by atoms with Gasteiger partial charge in [-0.3, -0.25) is 9.00 Å². The molecule has 0 bridgehead atoms. The summed E-state index contributed by atoms with van der Waals surface area (Å²) in [6.07, 6.45) is 0.951. The smallest absolute Gasteiger partial charge is 0.185 e. The zero-order valence-electron chi connectivity index (χ0n) is 9.99. The van der Waals surface area contributed by atoms with Gasteiger partial charge in [0.1, 0.15) is 0 Å². The van der Waals surface area contributed by atoms with Gasteiger partial charge in [0.15, 0.2) is 5.78 Å². The predicted molar refractivity (Wildman–Crippen MR) is 70.7 cm³/mol. The van der Waals surface area contributed by atoms with Crippen LogP contribution in [0.15, 0.2) is 12.1 Å². The van der Waals surface area contributed by atoms with Gasteiger partial charge in [-0.05, 0) is 24.5 Å². The van der Waals surface area contributed by atoms with Crippen LogP contribution >= 0.6 is 11.3 Å². The number of hydrogen-bond donors (Lipinski definition) is 0. The van der Waals surface area contributed by atoms with Crippen molar-refractivity contribution in [3.8, 4) is 0 Å². The Balaban J connectivity index is 2.55. The van der Waals surface area contributed by atoms with E-state index in [-0.39, 0.29) is 11.5 Å². The molecule has 2 nitrogen and oxygen atoms in total. The average Bonchev–Trinajstić information content (AvgIpc) is 2.64. The van der Waals surface area contributed by atoms with Gasteiger partial charge < -0.3 is 0 Å². The second-order valence-electron chi connectivity index (χ2n) is 4.19. The van der Waals surface area contributed by atoms with E-state index in [1.165, 1.54) is 16.2 Å². The predicted octanol–water partition coefficient (Wildman–Crippen LogP) is 2.90. The zero-order chi connectivity index (χ0) is 12.1. The highest BCUT2D eigenvalue weighted by Gasteiger charge is 2.13. The quantitative estimate of drug-likeness (QED) is 0.735. The van der Waals surface area contributed by atoms with Crippen molar-refractivity contribution in [2.75, 3.05) is 11.5 Å².